The average Bonchev–Trinajstić information content (AvgIpc) is 3.15. The number of carbonyl (C=O) groups is 4. The Kier molecular flexibility index (Phi) is 35.3. The summed E-state index contributed by atoms with van der Waals surface area (Å²) in [4.78, 5) is 47.6. The number of rotatable bonds is 13. The summed E-state index contributed by atoms with van der Waals surface area (Å²) >= 11 is 0. The summed E-state index contributed by atoms with van der Waals surface area (Å²) in [5.74, 6) is -5.92. The summed E-state index contributed by atoms with van der Waals surface area (Å²) in [6.07, 6.45) is 11.5. The minimum Gasteiger partial charge on any atom is -0.545 e. The van der Waals surface area contributed by atoms with Crippen LogP contribution in [0.15, 0.2) is 73.1 Å². The number of nitrogens with zero attached hydrogens (tertiary/aromatic N) is 2. The third kappa shape index (κ3) is 25.7. The summed E-state index contributed by atoms with van der Waals surface area (Å²) in [5, 5.41) is 57.4. The first kappa shape index (κ1) is 58.7. The Morgan fingerprint density at radius 3 is 1.12 bits per heavy atom. The van der Waals surface area contributed by atoms with Crippen LogP contribution in [0, 0.1) is 13.8 Å². The van der Waals surface area contributed by atoms with Gasteiger partial charge in [0.05, 0.1) is 35.3 Å². The van der Waals surface area contributed by atoms with E-state index in [0.29, 0.717) is 13.2 Å². The monoisotopic (exact) mass is 848 g/mol. The number of hydrogen-bond donors (Lipinski definition) is 4. The van der Waals surface area contributed by atoms with Crippen molar-refractivity contribution in [2.45, 2.75) is 79.1 Å². The number of carboxylic acids is 4. The third-order valence-corrected chi connectivity index (χ3v) is 7.45. The molecule has 17 heteroatoms. The number of hydrogen-bond acceptors (Lipinski definition) is 12. The topological polar surface area (TPSA) is 345 Å². The largest absolute Gasteiger partial charge is 2.00 e. The summed E-state index contributed by atoms with van der Waals surface area (Å²) in [6, 6.07) is 16.8. The fourth-order valence-corrected chi connectivity index (χ4v) is 4.17. The predicted molar refractivity (Wildman–Crippen MR) is 202 cm³/mol. The number of carboxylic acid groups (broad SMARTS) is 4. The summed E-state index contributed by atoms with van der Waals surface area (Å²) in [5.41, 5.74) is 13.8. The maximum atomic E-state index is 10.2. The molecule has 310 valence electrons. The number of aromatic nitrogens is 2. The molecule has 0 atom stereocenters. The number of unbranched alkanes of at least 4 members (excludes halogenated alkanes) is 6. The number of benzene rings is 2. The molecule has 2 aromatic carbocycles. The van der Waals surface area contributed by atoms with Crippen LogP contribution < -0.4 is 31.9 Å². The molecule has 0 fully saturated rings. The Morgan fingerprint density at radius 2 is 0.877 bits per heavy atom. The molecular formula is C40H56N4O12Zn. The van der Waals surface area contributed by atoms with Gasteiger partial charge in [-0.05, 0) is 98.5 Å². The van der Waals surface area contributed by atoms with Crippen molar-refractivity contribution < 1.29 is 91.7 Å². The van der Waals surface area contributed by atoms with E-state index in [-0.39, 0.29) is 41.6 Å². The van der Waals surface area contributed by atoms with Crippen molar-refractivity contribution in [2.75, 3.05) is 13.2 Å². The second-order valence-electron chi connectivity index (χ2n) is 11.9. The molecule has 16 nitrogen and oxygen atoms in total. The molecule has 0 bridgehead atoms. The first-order valence-electron chi connectivity index (χ1n) is 17.5. The SMILES string of the molecule is CCCCCCO.CCCCCCO.Cc1cc(-c2ccc([NH3+])c(C)c2)ccc1[NH3+].O.O.O=C([O-])c1ccnc(C(=O)[O-])c1.O=C([O-])c1ccnc(C(=O)[O-])c1.[Zn+2]. The van der Waals surface area contributed by atoms with Gasteiger partial charge in [0.25, 0.3) is 0 Å². The third-order valence-electron chi connectivity index (χ3n) is 7.45. The molecule has 0 unspecified atom stereocenters. The van der Waals surface area contributed by atoms with E-state index in [2.05, 4.69) is 85.5 Å². The molecule has 0 radical (unpaired) electrons. The van der Waals surface area contributed by atoms with Gasteiger partial charge >= 0.3 is 19.5 Å². The second kappa shape index (κ2) is 34.3. The Balaban J connectivity index is -0.000000315. The molecule has 0 aliphatic heterocycles. The maximum Gasteiger partial charge on any atom is 2.00 e. The van der Waals surface area contributed by atoms with Crippen LogP contribution in [0.5, 0.6) is 0 Å². The Hall–Kier alpha value is -5.00. The van der Waals surface area contributed by atoms with Gasteiger partial charge in [-0.25, -0.2) is 0 Å². The second-order valence-corrected chi connectivity index (χ2v) is 11.9. The zero-order valence-corrected chi connectivity index (χ0v) is 36.1. The molecule has 0 saturated heterocycles. The Morgan fingerprint density at radius 1 is 0.544 bits per heavy atom. The Bertz CT molecular complexity index is 1570. The molecule has 0 spiro atoms. The van der Waals surface area contributed by atoms with E-state index < -0.39 is 35.3 Å². The van der Waals surface area contributed by atoms with Gasteiger partial charge < -0.3 is 72.2 Å². The van der Waals surface area contributed by atoms with Crippen molar-refractivity contribution in [3.8, 4) is 11.1 Å². The van der Waals surface area contributed by atoms with Crippen molar-refractivity contribution in [3.05, 3.63) is 107 Å². The van der Waals surface area contributed by atoms with Gasteiger partial charge in [-0.2, -0.15) is 0 Å². The molecule has 0 aliphatic rings. The molecule has 0 aliphatic carbocycles. The van der Waals surface area contributed by atoms with Gasteiger partial charge in [0.2, 0.25) is 0 Å². The fourth-order valence-electron chi connectivity index (χ4n) is 4.17. The van der Waals surface area contributed by atoms with Crippen LogP contribution in [-0.2, 0) is 19.5 Å². The molecule has 2 aromatic heterocycles. The van der Waals surface area contributed by atoms with Gasteiger partial charge in [-0.15, -0.1) is 0 Å². The molecule has 57 heavy (non-hydrogen) atoms. The first-order valence-corrected chi connectivity index (χ1v) is 17.5. The molecule has 4 aromatic rings. The number of pyridine rings is 2. The quantitative estimate of drug-likeness (QED) is 0.0911. The molecule has 12 N–H and O–H groups in total. The minimum atomic E-state index is -1.52. The van der Waals surface area contributed by atoms with E-state index in [4.69, 9.17) is 10.2 Å². The average molecular weight is 850 g/mol. The van der Waals surface area contributed by atoms with Crippen molar-refractivity contribution in [2.24, 2.45) is 0 Å². The van der Waals surface area contributed by atoms with E-state index in [1.807, 2.05) is 0 Å². The van der Waals surface area contributed by atoms with Crippen LogP contribution in [0.2, 0.25) is 0 Å². The predicted octanol–water partition coefficient (Wildman–Crippen LogP) is -1.20. The van der Waals surface area contributed by atoms with Crippen LogP contribution in [0.1, 0.15) is 118 Å². The van der Waals surface area contributed by atoms with Crippen LogP contribution >= 0.6 is 0 Å². The van der Waals surface area contributed by atoms with E-state index >= 15 is 0 Å². The standard InChI is InChI=1S/C14H16N2.2C7H5NO4.2C6H14O.2H2O.Zn/c1-9-7-11(3-5-13(9)15)12-4-6-14(16)10(2)8-12;2*9-6(10)4-1-2-8-5(3-4)7(11)12;2*1-2-3-4-5-6-7;;;/h3-8H,15-16H2,1-2H3;2*1-3H,(H,9,10)(H,11,12);2*7H,2-6H2,1H3;2*1H2;/q;;;;;;;+2/p-2. The van der Waals surface area contributed by atoms with Crippen LogP contribution in [-0.4, -0.2) is 68.2 Å². The summed E-state index contributed by atoms with van der Waals surface area (Å²) < 4.78 is 0. The number of carbonyl (C=O) groups excluding carboxylic acids is 4. The first-order chi connectivity index (χ1) is 25.6. The smallest absolute Gasteiger partial charge is 0.545 e. The number of aliphatic hydroxyl groups excluding tert-OH is 2. The molecule has 0 saturated carbocycles. The Labute approximate surface area is 346 Å². The number of aliphatic hydroxyl groups is 2. The van der Waals surface area contributed by atoms with Gasteiger partial charge in [-0.1, -0.05) is 52.4 Å². The summed E-state index contributed by atoms with van der Waals surface area (Å²) in [6.45, 7) is 9.23. The van der Waals surface area contributed by atoms with E-state index in [1.165, 1.54) is 60.8 Å². The zero-order chi connectivity index (χ0) is 41.1. The number of aromatic carboxylic acids is 4. The van der Waals surface area contributed by atoms with Gasteiger partial charge in [-0.3, -0.25) is 9.97 Å². The van der Waals surface area contributed by atoms with Crippen molar-refractivity contribution >= 4 is 35.3 Å². The van der Waals surface area contributed by atoms with Crippen LogP contribution in [0.25, 0.3) is 11.1 Å². The van der Waals surface area contributed by atoms with Crippen LogP contribution in [0.4, 0.5) is 11.4 Å². The molecular weight excluding hydrogens is 794 g/mol. The zero-order valence-electron chi connectivity index (χ0n) is 33.2. The minimum absolute atomic E-state index is 0. The van der Waals surface area contributed by atoms with Gasteiger partial charge in [0.1, 0.15) is 11.4 Å². The normalized spacial score (nSPS) is 9.19. The van der Waals surface area contributed by atoms with E-state index in [0.717, 1.165) is 60.9 Å². The molecule has 0 amide bonds. The van der Waals surface area contributed by atoms with E-state index in [9.17, 15) is 39.6 Å². The summed E-state index contributed by atoms with van der Waals surface area (Å²) in [7, 11) is 0. The molecule has 4 rings (SSSR count). The van der Waals surface area contributed by atoms with Crippen molar-refractivity contribution in [1.29, 1.82) is 0 Å². The molecule has 2 heterocycles. The van der Waals surface area contributed by atoms with Crippen molar-refractivity contribution in [3.63, 3.8) is 0 Å². The maximum absolute atomic E-state index is 10.2. The van der Waals surface area contributed by atoms with Gasteiger partial charge in [0.15, 0.2) is 0 Å². The van der Waals surface area contributed by atoms with E-state index in [1.54, 1.807) is 0 Å². The van der Waals surface area contributed by atoms with Crippen LogP contribution in [0.3, 0.4) is 0 Å². The van der Waals surface area contributed by atoms with Gasteiger partial charge in [0, 0.05) is 47.9 Å². The van der Waals surface area contributed by atoms with Crippen molar-refractivity contribution in [1.82, 2.24) is 9.97 Å². The number of aryl methyl sites for hydroxylation is 2. The fraction of sp³-hybridized carbons (Fsp3) is 0.350. The number of quaternary nitrogens is 2.